The predicted octanol–water partition coefficient (Wildman–Crippen LogP) is 3.05. The van der Waals surface area contributed by atoms with Crippen LogP contribution in [0.1, 0.15) is 71.1 Å². The van der Waals surface area contributed by atoms with Gasteiger partial charge in [0.15, 0.2) is 0 Å². The topological polar surface area (TPSA) is 61.4 Å². The largest absolute Gasteiger partial charge is 0.332 e. The van der Waals surface area contributed by atoms with Crippen LogP contribution in [0.2, 0.25) is 0 Å². The molecule has 1 heterocycles. The molecule has 5 heteroatoms. The fourth-order valence-corrected chi connectivity index (χ4v) is 6.40. The van der Waals surface area contributed by atoms with Gasteiger partial charge < -0.3 is 5.32 Å². The standard InChI is InChI=1S/C20H33N3O2/c1-14(23-6-4-2-3-5-7-23)18(24)21-19(25)22-20-11-15-8-16(12-20)10-17(9-15)13-20/h14-17H,2-13H2,1H3,(H2,21,22,24,25). The van der Waals surface area contributed by atoms with Crippen LogP contribution in [0.15, 0.2) is 0 Å². The van der Waals surface area contributed by atoms with Crippen LogP contribution in [0.25, 0.3) is 0 Å². The van der Waals surface area contributed by atoms with Gasteiger partial charge in [0, 0.05) is 5.54 Å². The Bertz CT molecular complexity index is 490. The molecule has 5 nitrogen and oxygen atoms in total. The van der Waals surface area contributed by atoms with E-state index in [0.717, 1.165) is 62.9 Å². The molecule has 5 aliphatic rings. The molecule has 4 bridgehead atoms. The Morgan fingerprint density at radius 2 is 1.44 bits per heavy atom. The molecule has 0 aromatic heterocycles. The van der Waals surface area contributed by atoms with Crippen LogP contribution < -0.4 is 10.6 Å². The number of rotatable bonds is 3. The summed E-state index contributed by atoms with van der Waals surface area (Å²) in [6, 6.07) is -0.492. The minimum atomic E-state index is -0.270. The summed E-state index contributed by atoms with van der Waals surface area (Å²) < 4.78 is 0. The summed E-state index contributed by atoms with van der Waals surface area (Å²) in [4.78, 5) is 27.3. The third-order valence-electron chi connectivity index (χ3n) is 7.22. The Balaban J connectivity index is 1.32. The summed E-state index contributed by atoms with van der Waals surface area (Å²) in [5, 5.41) is 5.88. The van der Waals surface area contributed by atoms with Gasteiger partial charge in [-0.2, -0.15) is 0 Å². The second kappa shape index (κ2) is 6.90. The lowest BCUT2D eigenvalue weighted by Crippen LogP contribution is -2.62. The van der Waals surface area contributed by atoms with Crippen LogP contribution in [0.5, 0.6) is 0 Å². The number of carbonyl (C=O) groups is 2. The first kappa shape index (κ1) is 17.3. The number of amides is 3. The predicted molar refractivity (Wildman–Crippen MR) is 97.1 cm³/mol. The molecule has 0 spiro atoms. The van der Waals surface area contributed by atoms with Crippen LogP contribution in [0.3, 0.4) is 0 Å². The first-order valence-electron chi connectivity index (χ1n) is 10.4. The number of nitrogens with one attached hydrogen (secondary N) is 2. The molecule has 4 saturated carbocycles. The van der Waals surface area contributed by atoms with Gasteiger partial charge in [0.2, 0.25) is 5.91 Å². The number of carbonyl (C=O) groups excluding carboxylic acids is 2. The van der Waals surface area contributed by atoms with Crippen molar-refractivity contribution >= 4 is 11.9 Å². The molecule has 4 aliphatic carbocycles. The monoisotopic (exact) mass is 347 g/mol. The smallest absolute Gasteiger partial charge is 0.321 e. The van der Waals surface area contributed by atoms with Crippen molar-refractivity contribution in [2.45, 2.75) is 82.7 Å². The quantitative estimate of drug-likeness (QED) is 0.825. The van der Waals surface area contributed by atoms with E-state index in [9.17, 15) is 9.59 Å². The maximum absolute atomic E-state index is 12.5. The highest BCUT2D eigenvalue weighted by molar-refractivity contribution is 5.97. The maximum Gasteiger partial charge on any atom is 0.321 e. The molecule has 0 aromatic rings. The molecule has 5 fully saturated rings. The van der Waals surface area contributed by atoms with E-state index in [0.29, 0.717) is 0 Å². The second-order valence-corrected chi connectivity index (χ2v) is 9.27. The summed E-state index contributed by atoms with van der Waals surface area (Å²) >= 11 is 0. The Labute approximate surface area is 151 Å². The molecular weight excluding hydrogens is 314 g/mol. The van der Waals surface area contributed by atoms with Crippen LogP contribution in [-0.2, 0) is 4.79 Å². The Hall–Kier alpha value is -1.10. The first-order chi connectivity index (χ1) is 12.0. The molecule has 1 unspecified atom stereocenters. The van der Waals surface area contributed by atoms with Crippen LogP contribution >= 0.6 is 0 Å². The van der Waals surface area contributed by atoms with Crippen molar-refractivity contribution in [3.63, 3.8) is 0 Å². The number of hydrogen-bond acceptors (Lipinski definition) is 3. The van der Waals surface area contributed by atoms with Gasteiger partial charge in [-0.05, 0) is 89.1 Å². The summed E-state index contributed by atoms with van der Waals surface area (Å²) in [5.74, 6) is 2.22. The lowest BCUT2D eigenvalue weighted by Gasteiger charge is -2.56. The lowest BCUT2D eigenvalue weighted by molar-refractivity contribution is -0.124. The number of nitrogens with zero attached hydrogens (tertiary/aromatic N) is 1. The summed E-state index contributed by atoms with van der Waals surface area (Å²) in [6.07, 6.45) is 12.2. The van der Waals surface area contributed by atoms with Gasteiger partial charge in [-0.25, -0.2) is 4.79 Å². The minimum Gasteiger partial charge on any atom is -0.332 e. The average molecular weight is 348 g/mol. The zero-order valence-electron chi connectivity index (χ0n) is 15.6. The molecule has 0 radical (unpaired) electrons. The second-order valence-electron chi connectivity index (χ2n) is 9.27. The minimum absolute atomic E-state index is 0.0368. The zero-order chi connectivity index (χ0) is 17.4. The Kier molecular flexibility index (Phi) is 4.78. The van der Waals surface area contributed by atoms with E-state index >= 15 is 0 Å². The van der Waals surface area contributed by atoms with Gasteiger partial charge in [-0.1, -0.05) is 12.8 Å². The molecule has 25 heavy (non-hydrogen) atoms. The molecule has 2 N–H and O–H groups in total. The molecule has 140 valence electrons. The molecular formula is C20H33N3O2. The van der Waals surface area contributed by atoms with Gasteiger partial charge in [0.25, 0.3) is 0 Å². The molecule has 1 aliphatic heterocycles. The maximum atomic E-state index is 12.5. The zero-order valence-corrected chi connectivity index (χ0v) is 15.6. The SMILES string of the molecule is CC(C(=O)NC(=O)NC12CC3CC(CC(C3)C1)C2)N1CCCCCC1. The van der Waals surface area contributed by atoms with E-state index in [1.165, 1.54) is 32.1 Å². The number of imide groups is 1. The van der Waals surface area contributed by atoms with E-state index in [1.807, 2.05) is 6.92 Å². The van der Waals surface area contributed by atoms with Gasteiger partial charge in [0.05, 0.1) is 6.04 Å². The van der Waals surface area contributed by atoms with Crippen LogP contribution in [0, 0.1) is 17.8 Å². The highest BCUT2D eigenvalue weighted by Gasteiger charge is 2.51. The first-order valence-corrected chi connectivity index (χ1v) is 10.4. The van der Waals surface area contributed by atoms with Crippen molar-refractivity contribution in [1.82, 2.24) is 15.5 Å². The van der Waals surface area contributed by atoms with E-state index in [1.54, 1.807) is 0 Å². The van der Waals surface area contributed by atoms with E-state index < -0.39 is 0 Å². The molecule has 0 aromatic carbocycles. The van der Waals surface area contributed by atoms with Crippen LogP contribution in [-0.4, -0.2) is 41.5 Å². The highest BCUT2D eigenvalue weighted by Crippen LogP contribution is 2.55. The van der Waals surface area contributed by atoms with Crippen LogP contribution in [0.4, 0.5) is 4.79 Å². The highest BCUT2D eigenvalue weighted by atomic mass is 16.2. The number of hydrogen-bond donors (Lipinski definition) is 2. The van der Waals surface area contributed by atoms with Crippen molar-refractivity contribution in [3.8, 4) is 0 Å². The Morgan fingerprint density at radius 1 is 0.920 bits per heavy atom. The van der Waals surface area contributed by atoms with Crippen molar-refractivity contribution in [3.05, 3.63) is 0 Å². The third kappa shape index (κ3) is 3.71. The lowest BCUT2D eigenvalue weighted by atomic mass is 9.53. The fraction of sp³-hybridized carbons (Fsp3) is 0.900. The normalized spacial score (nSPS) is 38.8. The van der Waals surface area contributed by atoms with Crippen molar-refractivity contribution < 1.29 is 9.59 Å². The summed E-state index contributed by atoms with van der Waals surface area (Å²) in [5.41, 5.74) is -0.0368. The van der Waals surface area contributed by atoms with Crippen molar-refractivity contribution in [2.24, 2.45) is 17.8 Å². The van der Waals surface area contributed by atoms with Gasteiger partial charge in [-0.15, -0.1) is 0 Å². The average Bonchev–Trinajstić information content (AvgIpc) is 2.81. The molecule has 3 amide bonds. The van der Waals surface area contributed by atoms with E-state index in [2.05, 4.69) is 15.5 Å². The third-order valence-corrected chi connectivity index (χ3v) is 7.22. The number of urea groups is 1. The molecule has 1 atom stereocenters. The van der Waals surface area contributed by atoms with Gasteiger partial charge >= 0.3 is 6.03 Å². The van der Waals surface area contributed by atoms with Crippen molar-refractivity contribution in [2.75, 3.05) is 13.1 Å². The van der Waals surface area contributed by atoms with E-state index in [-0.39, 0.29) is 23.5 Å². The molecule has 5 rings (SSSR count). The molecule has 1 saturated heterocycles. The fourth-order valence-electron chi connectivity index (χ4n) is 6.40. The van der Waals surface area contributed by atoms with Gasteiger partial charge in [-0.3, -0.25) is 15.0 Å². The Morgan fingerprint density at radius 3 is 1.96 bits per heavy atom. The summed E-state index contributed by atoms with van der Waals surface area (Å²) in [6.45, 7) is 3.86. The summed E-state index contributed by atoms with van der Waals surface area (Å²) in [7, 11) is 0. The van der Waals surface area contributed by atoms with Crippen molar-refractivity contribution in [1.29, 1.82) is 0 Å². The number of likely N-dealkylation sites (tertiary alicyclic amines) is 1. The van der Waals surface area contributed by atoms with Gasteiger partial charge in [0.1, 0.15) is 0 Å². The van der Waals surface area contributed by atoms with E-state index in [4.69, 9.17) is 0 Å².